The monoisotopic (exact) mass is 678 g/mol. The van der Waals surface area contributed by atoms with Crippen molar-refractivity contribution < 1.29 is 62.4 Å². The van der Waals surface area contributed by atoms with Crippen LogP contribution in [-0.2, 0) is 35.1 Å². The number of cyclic esters (lactones) is 1. The average Bonchev–Trinajstić information content (AvgIpc) is 3.75. The van der Waals surface area contributed by atoms with Crippen molar-refractivity contribution in [2.45, 2.75) is 62.5 Å². The molecule has 13 heteroatoms. The van der Waals surface area contributed by atoms with E-state index in [1.54, 1.807) is 21.1 Å². The predicted octanol–water partition coefficient (Wildman–Crippen LogP) is 3.21. The molecule has 0 amide bonds. The largest absolute Gasteiger partial charge is 0.493 e. The Kier molecular flexibility index (Phi) is 8.50. The van der Waals surface area contributed by atoms with Gasteiger partial charge in [-0.3, -0.25) is 4.79 Å². The van der Waals surface area contributed by atoms with Gasteiger partial charge in [0, 0.05) is 11.8 Å². The van der Waals surface area contributed by atoms with E-state index in [-0.39, 0.29) is 20.0 Å². The number of esters is 1. The van der Waals surface area contributed by atoms with E-state index in [0.29, 0.717) is 40.9 Å². The first-order valence-electron chi connectivity index (χ1n) is 16.3. The Labute approximate surface area is 282 Å². The number of carbonyl (C=O) groups is 1. The minimum absolute atomic E-state index is 0.0382. The second-order valence-electron chi connectivity index (χ2n) is 12.7. The van der Waals surface area contributed by atoms with Gasteiger partial charge in [-0.15, -0.1) is 0 Å². The van der Waals surface area contributed by atoms with E-state index in [0.717, 1.165) is 16.7 Å². The highest BCUT2D eigenvalue weighted by atomic mass is 16.8. The summed E-state index contributed by atoms with van der Waals surface area (Å²) in [6, 6.07) is 17.1. The number of carbonyl (C=O) groups excluding carboxylic acids is 1. The summed E-state index contributed by atoms with van der Waals surface area (Å²) in [6.45, 7) is 2.26. The molecule has 260 valence electrons. The third kappa shape index (κ3) is 5.64. The summed E-state index contributed by atoms with van der Waals surface area (Å²) in [4.78, 5) is 13.7. The maximum Gasteiger partial charge on any atom is 0.310 e. The van der Waals surface area contributed by atoms with Gasteiger partial charge in [-0.2, -0.15) is 0 Å². The number of fused-ring (bicyclic) bond motifs is 4. The molecule has 10 atom stereocenters. The van der Waals surface area contributed by atoms with Crippen LogP contribution in [0.5, 0.6) is 28.7 Å². The lowest BCUT2D eigenvalue weighted by atomic mass is 9.66. The fourth-order valence-electron chi connectivity index (χ4n) is 7.59. The van der Waals surface area contributed by atoms with Crippen molar-refractivity contribution in [3.05, 3.63) is 76.9 Å². The van der Waals surface area contributed by atoms with E-state index >= 15 is 0 Å². The second-order valence-corrected chi connectivity index (χ2v) is 12.7. The molecule has 3 aromatic rings. The van der Waals surface area contributed by atoms with Crippen molar-refractivity contribution in [2.75, 3.05) is 34.2 Å². The fourth-order valence-corrected chi connectivity index (χ4v) is 7.59. The number of ether oxygens (including phenoxy) is 10. The quantitative estimate of drug-likeness (QED) is 0.336. The number of methoxy groups -OCH3 is 2. The lowest BCUT2D eigenvalue weighted by molar-refractivity contribution is -0.364. The Morgan fingerprint density at radius 1 is 0.857 bits per heavy atom. The maximum absolute atomic E-state index is 13.7. The van der Waals surface area contributed by atoms with Crippen molar-refractivity contribution in [3.8, 4) is 28.7 Å². The van der Waals surface area contributed by atoms with E-state index in [1.165, 1.54) is 0 Å². The molecule has 2 N–H and O–H groups in total. The Morgan fingerprint density at radius 2 is 1.57 bits per heavy atom. The minimum Gasteiger partial charge on any atom is -0.493 e. The highest BCUT2D eigenvalue weighted by molar-refractivity contribution is 5.79. The van der Waals surface area contributed by atoms with Crippen LogP contribution in [-0.4, -0.2) is 87.4 Å². The summed E-state index contributed by atoms with van der Waals surface area (Å²) < 4.78 is 59.1. The number of rotatable bonds is 8. The lowest BCUT2D eigenvalue weighted by Gasteiger charge is -2.47. The van der Waals surface area contributed by atoms with Crippen LogP contribution >= 0.6 is 0 Å². The van der Waals surface area contributed by atoms with Crippen LogP contribution < -0.4 is 23.7 Å². The first kappa shape index (κ1) is 32.1. The minimum atomic E-state index is -1.44. The van der Waals surface area contributed by atoms with Gasteiger partial charge >= 0.3 is 5.97 Å². The van der Waals surface area contributed by atoms with Crippen LogP contribution in [0.3, 0.4) is 0 Å². The SMILES string of the molecule is COc1cc([C@@H]2c3cc4c(cc3[C@@H](O[C@@H]3O[C@@H]5CO[C@@H](C)O[C@H]5[C@H](O)[C@@H]3O)[C@H]3COC(=O)[C@H]23)OCO4)cc(OC)c1OCc1ccccc1. The summed E-state index contributed by atoms with van der Waals surface area (Å²) in [7, 11) is 3.10. The van der Waals surface area contributed by atoms with Crippen molar-refractivity contribution in [3.63, 3.8) is 0 Å². The average molecular weight is 679 g/mol. The molecule has 3 fully saturated rings. The molecule has 4 aliphatic heterocycles. The first-order valence-corrected chi connectivity index (χ1v) is 16.3. The fraction of sp³-hybridized carbons (Fsp3) is 0.472. The van der Waals surface area contributed by atoms with Crippen molar-refractivity contribution in [1.29, 1.82) is 0 Å². The molecule has 0 spiro atoms. The summed E-state index contributed by atoms with van der Waals surface area (Å²) >= 11 is 0. The van der Waals surface area contributed by atoms with Crippen molar-refractivity contribution in [2.24, 2.45) is 11.8 Å². The first-order chi connectivity index (χ1) is 23.8. The van der Waals surface area contributed by atoms with E-state index in [1.807, 2.05) is 54.6 Å². The predicted molar refractivity (Wildman–Crippen MR) is 167 cm³/mol. The topological polar surface area (TPSA) is 150 Å². The molecule has 4 heterocycles. The highest BCUT2D eigenvalue weighted by Gasteiger charge is 2.56. The van der Waals surface area contributed by atoms with Gasteiger partial charge in [0.2, 0.25) is 12.5 Å². The van der Waals surface area contributed by atoms with Crippen molar-refractivity contribution in [1.82, 2.24) is 0 Å². The summed E-state index contributed by atoms with van der Waals surface area (Å²) in [6.07, 6.45) is -6.79. The number of hydrogen-bond acceptors (Lipinski definition) is 13. The Bertz CT molecular complexity index is 1670. The van der Waals surface area contributed by atoms with Gasteiger partial charge < -0.3 is 57.6 Å². The van der Waals surface area contributed by atoms with Gasteiger partial charge in [-0.05, 0) is 53.4 Å². The third-order valence-corrected chi connectivity index (χ3v) is 9.95. The molecule has 0 saturated carbocycles. The summed E-state index contributed by atoms with van der Waals surface area (Å²) in [5.74, 6) is 0.188. The zero-order chi connectivity index (χ0) is 33.8. The highest BCUT2D eigenvalue weighted by Crippen LogP contribution is 2.57. The Balaban J connectivity index is 1.18. The number of hydrogen-bond donors (Lipinski definition) is 2. The van der Waals surface area contributed by atoms with Crippen LogP contribution in [0.15, 0.2) is 54.6 Å². The van der Waals surface area contributed by atoms with E-state index < -0.39 is 66.8 Å². The molecule has 8 rings (SSSR count). The molecule has 1 aliphatic carbocycles. The zero-order valence-corrected chi connectivity index (χ0v) is 27.2. The summed E-state index contributed by atoms with van der Waals surface area (Å²) in [5.41, 5.74) is 3.14. The summed E-state index contributed by atoms with van der Waals surface area (Å²) in [5, 5.41) is 22.2. The van der Waals surface area contributed by atoms with Gasteiger partial charge in [0.1, 0.15) is 31.0 Å². The van der Waals surface area contributed by atoms with Gasteiger partial charge in [0.05, 0.1) is 39.5 Å². The van der Waals surface area contributed by atoms with Gasteiger partial charge in [-0.1, -0.05) is 30.3 Å². The number of aliphatic hydroxyl groups excluding tert-OH is 2. The van der Waals surface area contributed by atoms with Crippen LogP contribution in [0.2, 0.25) is 0 Å². The zero-order valence-electron chi connectivity index (χ0n) is 27.2. The molecule has 13 nitrogen and oxygen atoms in total. The molecular formula is C36H38O13. The molecule has 0 bridgehead atoms. The van der Waals surface area contributed by atoms with Crippen LogP contribution in [0, 0.1) is 11.8 Å². The van der Waals surface area contributed by atoms with Gasteiger partial charge in [0.25, 0.3) is 0 Å². The molecule has 0 unspecified atom stereocenters. The second kappa shape index (κ2) is 13.0. The molecule has 3 saturated heterocycles. The molecule has 3 aromatic carbocycles. The number of benzene rings is 3. The molecule has 0 aromatic heterocycles. The Hall–Kier alpha value is -4.11. The van der Waals surface area contributed by atoms with E-state index in [2.05, 4.69) is 0 Å². The lowest BCUT2D eigenvalue weighted by Crippen LogP contribution is -2.63. The van der Waals surface area contributed by atoms with E-state index in [4.69, 9.17) is 47.4 Å². The van der Waals surface area contributed by atoms with Gasteiger partial charge in [0.15, 0.2) is 35.6 Å². The van der Waals surface area contributed by atoms with Crippen molar-refractivity contribution >= 4 is 5.97 Å². The molecular weight excluding hydrogens is 640 g/mol. The molecule has 0 radical (unpaired) electrons. The number of aliphatic hydroxyl groups is 2. The molecule has 5 aliphatic rings. The normalized spacial score (nSPS) is 32.8. The van der Waals surface area contributed by atoms with Crippen LogP contribution in [0.4, 0.5) is 0 Å². The third-order valence-electron chi connectivity index (χ3n) is 9.95. The van der Waals surface area contributed by atoms with E-state index in [9.17, 15) is 15.0 Å². The molecule has 49 heavy (non-hydrogen) atoms. The van der Waals surface area contributed by atoms with Crippen LogP contribution in [0.25, 0.3) is 0 Å². The Morgan fingerprint density at radius 3 is 2.29 bits per heavy atom. The standard InChI is InChI=1S/C36H38O13/c1-17-42-15-27-34(47-17)30(37)31(38)36(48-27)49-32-21-12-24-23(45-16-46-24)11-20(21)28(29-22(32)14-44-35(29)39)19-9-25(40-2)33(26(10-19)41-3)43-13-18-7-5-4-6-8-18/h4-12,17,22,27-32,34,36-38H,13-16H2,1-3H3/t17-,22+,27-,28-,29+,30-,31+,32-,34-,36+/m1/s1. The maximum atomic E-state index is 13.7. The van der Waals surface area contributed by atoms with Gasteiger partial charge in [-0.25, -0.2) is 0 Å². The van der Waals surface area contributed by atoms with Crippen LogP contribution in [0.1, 0.15) is 41.2 Å². The smallest absolute Gasteiger partial charge is 0.310 e.